The second-order valence-corrected chi connectivity index (χ2v) is 8.06. The Bertz CT molecular complexity index is 1100. The molecule has 1 unspecified atom stereocenters. The maximum absolute atomic E-state index is 13.5. The lowest BCUT2D eigenvalue weighted by Gasteiger charge is -2.32. The van der Waals surface area contributed by atoms with E-state index in [0.29, 0.717) is 36.8 Å². The molecule has 1 fully saturated rings. The zero-order chi connectivity index (χ0) is 24.2. The number of methoxy groups -OCH3 is 2. The molecular weight excluding hydrogens is 443 g/mol. The average Bonchev–Trinajstić information content (AvgIpc) is 3.12. The van der Waals surface area contributed by atoms with Crippen LogP contribution >= 0.6 is 0 Å². The number of halogens is 1. The van der Waals surface area contributed by atoms with Crippen LogP contribution in [0.5, 0.6) is 11.5 Å². The number of aliphatic hydroxyl groups excluding tert-OH is 1. The third-order valence-corrected chi connectivity index (χ3v) is 6.15. The Morgan fingerprint density at radius 1 is 1.09 bits per heavy atom. The largest absolute Gasteiger partial charge is 0.503 e. The Labute approximate surface area is 197 Å². The number of hydrogen-bond acceptors (Lipinski definition) is 7. The maximum Gasteiger partial charge on any atom is 0.290 e. The monoisotopic (exact) mass is 470 g/mol. The lowest BCUT2D eigenvalue weighted by atomic mass is 9.92. The van der Waals surface area contributed by atoms with Gasteiger partial charge < -0.3 is 24.2 Å². The van der Waals surface area contributed by atoms with Gasteiger partial charge >= 0.3 is 0 Å². The van der Waals surface area contributed by atoms with Gasteiger partial charge in [0.05, 0.1) is 39.0 Å². The molecule has 1 N–H and O–H groups in total. The summed E-state index contributed by atoms with van der Waals surface area (Å²) >= 11 is 0. The third kappa shape index (κ3) is 4.62. The third-order valence-electron chi connectivity index (χ3n) is 6.15. The molecule has 0 radical (unpaired) electrons. The van der Waals surface area contributed by atoms with Crippen molar-refractivity contribution in [1.82, 2.24) is 9.80 Å². The summed E-state index contributed by atoms with van der Waals surface area (Å²) in [4.78, 5) is 30.3. The smallest absolute Gasteiger partial charge is 0.290 e. The average molecular weight is 470 g/mol. The van der Waals surface area contributed by atoms with Crippen LogP contribution in [0.3, 0.4) is 0 Å². The minimum absolute atomic E-state index is 0.0675. The highest BCUT2D eigenvalue weighted by Crippen LogP contribution is 2.43. The molecular formula is C25H27FN2O6. The van der Waals surface area contributed by atoms with E-state index >= 15 is 0 Å². The van der Waals surface area contributed by atoms with Crippen LogP contribution in [0.2, 0.25) is 0 Å². The van der Waals surface area contributed by atoms with Crippen LogP contribution in [-0.4, -0.2) is 80.2 Å². The van der Waals surface area contributed by atoms with E-state index in [-0.39, 0.29) is 17.7 Å². The van der Waals surface area contributed by atoms with Gasteiger partial charge in [0.15, 0.2) is 11.5 Å². The highest BCUT2D eigenvalue weighted by Gasteiger charge is 2.44. The standard InChI is InChI=1S/C25H27FN2O6/c1-32-18-7-8-19(20(15-18)33-2)22-21(23(29)16-3-5-17(26)6-4-16)24(30)25(31)28(22)10-9-27-11-13-34-14-12-27/h3-8,15,22,30H,9-14H2,1-2H3. The summed E-state index contributed by atoms with van der Waals surface area (Å²) < 4.78 is 29.7. The molecule has 0 saturated carbocycles. The molecule has 4 rings (SSSR count). The number of nitrogens with zero attached hydrogens (tertiary/aromatic N) is 2. The Morgan fingerprint density at radius 3 is 2.44 bits per heavy atom. The van der Waals surface area contributed by atoms with Gasteiger partial charge in [-0.3, -0.25) is 14.5 Å². The summed E-state index contributed by atoms with van der Waals surface area (Å²) in [5.41, 5.74) is 0.637. The van der Waals surface area contributed by atoms with E-state index in [2.05, 4.69) is 4.90 Å². The van der Waals surface area contributed by atoms with Crippen molar-refractivity contribution in [2.45, 2.75) is 6.04 Å². The van der Waals surface area contributed by atoms with Gasteiger partial charge in [-0.2, -0.15) is 0 Å². The Morgan fingerprint density at radius 2 is 1.79 bits per heavy atom. The van der Waals surface area contributed by atoms with E-state index < -0.39 is 29.3 Å². The zero-order valence-corrected chi connectivity index (χ0v) is 19.1. The first-order valence-electron chi connectivity index (χ1n) is 11.0. The summed E-state index contributed by atoms with van der Waals surface area (Å²) in [6.45, 7) is 3.53. The van der Waals surface area contributed by atoms with E-state index in [9.17, 15) is 19.1 Å². The first kappa shape index (κ1) is 23.7. The van der Waals surface area contributed by atoms with Crippen molar-refractivity contribution in [3.8, 4) is 11.5 Å². The molecule has 8 nitrogen and oxygen atoms in total. The number of morpholine rings is 1. The molecule has 1 atom stereocenters. The van der Waals surface area contributed by atoms with Gasteiger partial charge in [-0.05, 0) is 36.4 Å². The summed E-state index contributed by atoms with van der Waals surface area (Å²) in [6, 6.07) is 9.21. The molecule has 0 aromatic heterocycles. The fourth-order valence-corrected chi connectivity index (χ4v) is 4.31. The van der Waals surface area contributed by atoms with Gasteiger partial charge in [-0.1, -0.05) is 0 Å². The first-order valence-corrected chi connectivity index (χ1v) is 11.0. The highest BCUT2D eigenvalue weighted by atomic mass is 19.1. The van der Waals surface area contributed by atoms with Crippen molar-refractivity contribution in [3.05, 3.63) is 70.7 Å². The maximum atomic E-state index is 13.5. The molecule has 2 heterocycles. The van der Waals surface area contributed by atoms with Crippen molar-refractivity contribution in [3.63, 3.8) is 0 Å². The van der Waals surface area contributed by atoms with Crippen LogP contribution < -0.4 is 9.47 Å². The molecule has 2 aromatic rings. The Kier molecular flexibility index (Phi) is 7.14. The summed E-state index contributed by atoms with van der Waals surface area (Å²) in [5.74, 6) is -1.34. The van der Waals surface area contributed by atoms with Gasteiger partial charge in [-0.25, -0.2) is 4.39 Å². The van der Waals surface area contributed by atoms with Gasteiger partial charge in [0.25, 0.3) is 5.91 Å². The van der Waals surface area contributed by atoms with E-state index in [1.165, 1.54) is 43.4 Å². The van der Waals surface area contributed by atoms with Gasteiger partial charge in [0.2, 0.25) is 0 Å². The molecule has 1 saturated heterocycles. The molecule has 0 aliphatic carbocycles. The van der Waals surface area contributed by atoms with Crippen LogP contribution in [0.1, 0.15) is 22.0 Å². The van der Waals surface area contributed by atoms with Crippen LogP contribution in [0.15, 0.2) is 53.8 Å². The molecule has 2 aromatic carbocycles. The molecule has 9 heteroatoms. The summed E-state index contributed by atoms with van der Waals surface area (Å²) in [6.07, 6.45) is 0. The van der Waals surface area contributed by atoms with Crippen molar-refractivity contribution < 1.29 is 33.3 Å². The van der Waals surface area contributed by atoms with Crippen LogP contribution in [-0.2, 0) is 9.53 Å². The second kappa shape index (κ2) is 10.2. The zero-order valence-electron chi connectivity index (χ0n) is 19.1. The quantitative estimate of drug-likeness (QED) is 0.594. The van der Waals surface area contributed by atoms with Crippen molar-refractivity contribution in [1.29, 1.82) is 0 Å². The number of hydrogen-bond donors (Lipinski definition) is 1. The minimum Gasteiger partial charge on any atom is -0.503 e. The fourth-order valence-electron chi connectivity index (χ4n) is 4.31. The topological polar surface area (TPSA) is 88.5 Å². The van der Waals surface area contributed by atoms with Crippen LogP contribution in [0.4, 0.5) is 4.39 Å². The van der Waals surface area contributed by atoms with Crippen LogP contribution in [0.25, 0.3) is 0 Å². The molecule has 2 aliphatic heterocycles. The number of carbonyl (C=O) groups is 2. The first-order chi connectivity index (χ1) is 16.4. The predicted octanol–water partition coefficient (Wildman–Crippen LogP) is 2.75. The SMILES string of the molecule is COc1ccc(C2C(C(=O)c3ccc(F)cc3)=C(O)C(=O)N2CCN2CCOCC2)c(OC)c1. The number of aliphatic hydroxyl groups is 1. The normalized spacial score (nSPS) is 19.0. The lowest BCUT2D eigenvalue weighted by molar-refractivity contribution is -0.129. The number of rotatable bonds is 8. The number of ketones is 1. The minimum atomic E-state index is -0.882. The van der Waals surface area contributed by atoms with E-state index in [1.807, 2.05) is 0 Å². The van der Waals surface area contributed by atoms with Crippen molar-refractivity contribution in [2.75, 3.05) is 53.6 Å². The molecule has 0 spiro atoms. The Balaban J connectivity index is 1.74. The van der Waals surface area contributed by atoms with E-state index in [0.717, 1.165) is 13.1 Å². The summed E-state index contributed by atoms with van der Waals surface area (Å²) in [5, 5.41) is 10.8. The molecule has 1 amide bonds. The van der Waals surface area contributed by atoms with E-state index in [1.54, 1.807) is 18.2 Å². The summed E-state index contributed by atoms with van der Waals surface area (Å²) in [7, 11) is 3.01. The number of carbonyl (C=O) groups excluding carboxylic acids is 2. The molecule has 2 aliphatic rings. The number of amides is 1. The second-order valence-electron chi connectivity index (χ2n) is 8.06. The number of benzene rings is 2. The Hall–Kier alpha value is -3.43. The van der Waals surface area contributed by atoms with Crippen LogP contribution in [0, 0.1) is 5.82 Å². The fraction of sp³-hybridized carbons (Fsp3) is 0.360. The van der Waals surface area contributed by atoms with Gasteiger partial charge in [-0.15, -0.1) is 0 Å². The lowest BCUT2D eigenvalue weighted by Crippen LogP contribution is -2.43. The number of ether oxygens (including phenoxy) is 3. The van der Waals surface area contributed by atoms with Crippen molar-refractivity contribution >= 4 is 11.7 Å². The molecule has 180 valence electrons. The molecule has 0 bridgehead atoms. The van der Waals surface area contributed by atoms with Gasteiger partial charge in [0, 0.05) is 43.4 Å². The number of Topliss-reactive ketones (excluding diaryl/α,β-unsaturated/α-hetero) is 1. The van der Waals surface area contributed by atoms with Crippen molar-refractivity contribution in [2.24, 2.45) is 0 Å². The van der Waals surface area contributed by atoms with Gasteiger partial charge in [0.1, 0.15) is 17.3 Å². The predicted molar refractivity (Wildman–Crippen MR) is 122 cm³/mol. The molecule has 34 heavy (non-hydrogen) atoms. The van der Waals surface area contributed by atoms with E-state index in [4.69, 9.17) is 14.2 Å². The highest BCUT2D eigenvalue weighted by molar-refractivity contribution is 6.16.